The summed E-state index contributed by atoms with van der Waals surface area (Å²) in [4.78, 5) is 16.4. The molecule has 0 fully saturated rings. The highest BCUT2D eigenvalue weighted by Gasteiger charge is 2.37. The molecule has 0 saturated carbocycles. The molecule has 47 heavy (non-hydrogen) atoms. The van der Waals surface area contributed by atoms with Gasteiger partial charge < -0.3 is 9.32 Å². The third kappa shape index (κ3) is 4.41. The van der Waals surface area contributed by atoms with E-state index in [0.717, 1.165) is 33.8 Å². The molecule has 0 N–H and O–H groups in total. The molecular formula is C42H27N3O2. The van der Waals surface area contributed by atoms with Crippen molar-refractivity contribution in [3.63, 3.8) is 0 Å². The first-order chi connectivity index (χ1) is 22.9. The molecule has 222 valence electrons. The van der Waals surface area contributed by atoms with Crippen LogP contribution in [0.15, 0.2) is 137 Å². The second kappa shape index (κ2) is 10.6. The summed E-state index contributed by atoms with van der Waals surface area (Å²) in [6.07, 6.45) is 0. The van der Waals surface area contributed by atoms with Gasteiger partial charge in [-0.15, -0.1) is 0 Å². The maximum Gasteiger partial charge on any atom is 0.200 e. The number of nitrogens with zero attached hydrogens (tertiary/aromatic N) is 3. The molecule has 1 aromatic heterocycles. The van der Waals surface area contributed by atoms with E-state index in [-0.39, 0.29) is 10.8 Å². The van der Waals surface area contributed by atoms with Gasteiger partial charge in [0.25, 0.3) is 0 Å². The standard InChI is InChI=1S/C42H27N3O2/c1-42(2)37-21-31(45(29-9-5-3-6-10-29)30-11-7-4-8-12-30)16-17-32(37)34-23-40-36(22-38(34)42)41(46)35-20-27(15-18-39(35)47-40)33-19-26(24-43)13-14-28(33)25-44/h3-23H,1-2H3. The Morgan fingerprint density at radius 1 is 0.596 bits per heavy atom. The van der Waals surface area contributed by atoms with E-state index in [1.165, 1.54) is 5.56 Å². The van der Waals surface area contributed by atoms with Crippen LogP contribution in [-0.2, 0) is 5.41 Å². The second-order valence-corrected chi connectivity index (χ2v) is 12.4. The fourth-order valence-electron chi connectivity index (χ4n) is 6.93. The zero-order valence-electron chi connectivity index (χ0n) is 25.8. The van der Waals surface area contributed by atoms with Crippen molar-refractivity contribution in [2.75, 3.05) is 4.90 Å². The molecule has 8 rings (SSSR count). The first-order valence-corrected chi connectivity index (χ1v) is 15.4. The largest absolute Gasteiger partial charge is 0.456 e. The van der Waals surface area contributed by atoms with E-state index >= 15 is 0 Å². The van der Waals surface area contributed by atoms with Gasteiger partial charge in [0.15, 0.2) is 0 Å². The van der Waals surface area contributed by atoms with Crippen LogP contribution in [0.5, 0.6) is 0 Å². The Morgan fingerprint density at radius 3 is 1.96 bits per heavy atom. The van der Waals surface area contributed by atoms with Crippen molar-refractivity contribution in [3.05, 3.63) is 160 Å². The van der Waals surface area contributed by atoms with E-state index in [4.69, 9.17) is 4.42 Å². The molecule has 6 aromatic carbocycles. The Hall–Kier alpha value is -6.43. The van der Waals surface area contributed by atoms with Crippen molar-refractivity contribution in [2.24, 2.45) is 0 Å². The first-order valence-electron chi connectivity index (χ1n) is 15.4. The quantitative estimate of drug-likeness (QED) is 0.187. The lowest BCUT2D eigenvalue weighted by Gasteiger charge is -2.28. The third-order valence-electron chi connectivity index (χ3n) is 9.32. The molecule has 0 amide bonds. The Morgan fingerprint density at radius 2 is 1.28 bits per heavy atom. The van der Waals surface area contributed by atoms with Crippen LogP contribution >= 0.6 is 0 Å². The Balaban J connectivity index is 1.28. The van der Waals surface area contributed by atoms with Crippen LogP contribution in [0.25, 0.3) is 44.2 Å². The molecule has 0 aliphatic heterocycles. The normalized spacial score (nSPS) is 12.7. The number of anilines is 3. The van der Waals surface area contributed by atoms with E-state index in [9.17, 15) is 15.3 Å². The highest BCUT2D eigenvalue weighted by molar-refractivity contribution is 5.97. The average Bonchev–Trinajstić information content (AvgIpc) is 3.33. The predicted octanol–water partition coefficient (Wildman–Crippen LogP) is 10.1. The first kappa shape index (κ1) is 28.1. The molecule has 0 atom stereocenters. The van der Waals surface area contributed by atoms with Crippen LogP contribution in [0.3, 0.4) is 0 Å². The summed E-state index contributed by atoms with van der Waals surface area (Å²) in [6, 6.07) is 45.9. The molecule has 1 heterocycles. The number of hydrogen-bond donors (Lipinski definition) is 0. The van der Waals surface area contributed by atoms with E-state index in [2.05, 4.69) is 73.4 Å². The zero-order valence-corrected chi connectivity index (χ0v) is 25.8. The fourth-order valence-corrected chi connectivity index (χ4v) is 6.93. The van der Waals surface area contributed by atoms with Gasteiger partial charge in [-0.3, -0.25) is 4.79 Å². The van der Waals surface area contributed by atoms with Crippen molar-refractivity contribution < 1.29 is 4.42 Å². The highest BCUT2D eigenvalue weighted by Crippen LogP contribution is 2.51. The number of para-hydroxylation sites is 2. The number of rotatable bonds is 4. The monoisotopic (exact) mass is 605 g/mol. The van der Waals surface area contributed by atoms with Crippen molar-refractivity contribution in [1.29, 1.82) is 10.5 Å². The van der Waals surface area contributed by atoms with Gasteiger partial charge in [0.2, 0.25) is 5.43 Å². The molecule has 1 aliphatic rings. The summed E-state index contributed by atoms with van der Waals surface area (Å²) in [5.41, 5.74) is 10.3. The minimum absolute atomic E-state index is 0.132. The van der Waals surface area contributed by atoms with Gasteiger partial charge in [0.05, 0.1) is 34.0 Å². The Bertz CT molecular complexity index is 2500. The summed E-state index contributed by atoms with van der Waals surface area (Å²) in [6.45, 7) is 4.41. The Labute approximate surface area is 271 Å². The van der Waals surface area contributed by atoms with Gasteiger partial charge in [-0.05, 0) is 107 Å². The van der Waals surface area contributed by atoms with Crippen LogP contribution in [0.1, 0.15) is 36.1 Å². The van der Waals surface area contributed by atoms with Crippen molar-refractivity contribution in [2.45, 2.75) is 19.3 Å². The molecule has 5 heteroatoms. The summed E-state index contributed by atoms with van der Waals surface area (Å²) in [5, 5.41) is 20.1. The van der Waals surface area contributed by atoms with Crippen LogP contribution in [0, 0.1) is 22.7 Å². The lowest BCUT2D eigenvalue weighted by molar-refractivity contribution is 0.652. The molecule has 1 aliphatic carbocycles. The molecule has 0 radical (unpaired) electrons. The minimum Gasteiger partial charge on any atom is -0.456 e. The number of hydrogen-bond acceptors (Lipinski definition) is 5. The molecule has 5 nitrogen and oxygen atoms in total. The number of nitriles is 2. The van der Waals surface area contributed by atoms with Crippen molar-refractivity contribution in [3.8, 4) is 34.4 Å². The topological polar surface area (TPSA) is 81.0 Å². The van der Waals surface area contributed by atoms with Gasteiger partial charge in [0, 0.05) is 28.0 Å². The van der Waals surface area contributed by atoms with Crippen LogP contribution in [-0.4, -0.2) is 0 Å². The zero-order chi connectivity index (χ0) is 32.3. The highest BCUT2D eigenvalue weighted by atomic mass is 16.3. The smallest absolute Gasteiger partial charge is 0.200 e. The molecule has 0 spiro atoms. The molecular weight excluding hydrogens is 578 g/mol. The van der Waals surface area contributed by atoms with Crippen molar-refractivity contribution in [1.82, 2.24) is 0 Å². The molecule has 0 unspecified atom stereocenters. The maximum atomic E-state index is 14.1. The Kier molecular flexibility index (Phi) is 6.32. The van der Waals surface area contributed by atoms with Crippen LogP contribution in [0.4, 0.5) is 17.1 Å². The van der Waals surface area contributed by atoms with Gasteiger partial charge in [-0.1, -0.05) is 62.4 Å². The number of benzene rings is 6. The molecule has 7 aromatic rings. The SMILES string of the molecule is CC1(C)c2cc(N(c3ccccc3)c3ccccc3)ccc2-c2cc3oc4ccc(-c5cc(C#N)ccc5C#N)cc4c(=O)c3cc21. The van der Waals surface area contributed by atoms with Gasteiger partial charge in [-0.25, -0.2) is 0 Å². The maximum absolute atomic E-state index is 14.1. The van der Waals surface area contributed by atoms with Crippen LogP contribution < -0.4 is 10.3 Å². The van der Waals surface area contributed by atoms with Gasteiger partial charge in [-0.2, -0.15) is 10.5 Å². The lowest BCUT2D eigenvalue weighted by Crippen LogP contribution is -2.17. The molecule has 0 bridgehead atoms. The van der Waals surface area contributed by atoms with E-state index in [1.54, 1.807) is 30.3 Å². The minimum atomic E-state index is -0.378. The summed E-state index contributed by atoms with van der Waals surface area (Å²) in [7, 11) is 0. The van der Waals surface area contributed by atoms with Gasteiger partial charge in [0.1, 0.15) is 11.2 Å². The van der Waals surface area contributed by atoms with Crippen LogP contribution in [0.2, 0.25) is 0 Å². The summed E-state index contributed by atoms with van der Waals surface area (Å²) >= 11 is 0. The average molecular weight is 606 g/mol. The van der Waals surface area contributed by atoms with Gasteiger partial charge >= 0.3 is 0 Å². The molecule has 0 saturated heterocycles. The van der Waals surface area contributed by atoms with Crippen molar-refractivity contribution >= 4 is 39.0 Å². The van der Waals surface area contributed by atoms with E-state index in [0.29, 0.717) is 44.2 Å². The number of fused-ring (bicyclic) bond motifs is 5. The third-order valence-corrected chi connectivity index (χ3v) is 9.32. The predicted molar refractivity (Wildman–Crippen MR) is 187 cm³/mol. The van der Waals surface area contributed by atoms with E-state index in [1.807, 2.05) is 54.6 Å². The summed E-state index contributed by atoms with van der Waals surface area (Å²) < 4.78 is 6.38. The summed E-state index contributed by atoms with van der Waals surface area (Å²) in [5.74, 6) is 0. The van der Waals surface area contributed by atoms with E-state index < -0.39 is 0 Å². The lowest BCUT2D eigenvalue weighted by atomic mass is 9.82. The second-order valence-electron chi connectivity index (χ2n) is 12.4. The fraction of sp³-hybridized carbons (Fsp3) is 0.0714.